The minimum Gasteiger partial charge on any atom is -0.489 e. The van der Waals surface area contributed by atoms with Gasteiger partial charge in [0.05, 0.1) is 0 Å². The van der Waals surface area contributed by atoms with E-state index >= 15 is 0 Å². The van der Waals surface area contributed by atoms with Crippen LogP contribution in [0.2, 0.25) is 10.0 Å². The molecule has 0 N–H and O–H groups in total. The van der Waals surface area contributed by atoms with E-state index in [4.69, 9.17) is 27.9 Å². The number of amides is 2. The summed E-state index contributed by atoms with van der Waals surface area (Å²) < 4.78 is 5.81. The first-order valence-electron chi connectivity index (χ1n) is 10.8. The van der Waals surface area contributed by atoms with E-state index in [1.54, 1.807) is 37.3 Å². The Hall–Kier alpha value is -3.07. The van der Waals surface area contributed by atoms with Gasteiger partial charge in [0.2, 0.25) is 0 Å². The highest BCUT2D eigenvalue weighted by molar-refractivity contribution is 6.35. The van der Waals surface area contributed by atoms with Crippen LogP contribution in [-0.4, -0.2) is 22.8 Å². The van der Waals surface area contributed by atoms with E-state index < -0.39 is 5.91 Å². The summed E-state index contributed by atoms with van der Waals surface area (Å²) in [4.78, 5) is 27.3. The normalized spacial score (nSPS) is 18.2. The summed E-state index contributed by atoms with van der Waals surface area (Å²) in [5, 5.41) is 10.7. The molecule has 1 heterocycles. The molecule has 33 heavy (non-hydrogen) atoms. The molecule has 4 rings (SSSR count). The highest BCUT2D eigenvalue weighted by Gasteiger charge is 2.40. The number of nitriles is 1. The topological polar surface area (TPSA) is 70.4 Å². The second-order valence-corrected chi connectivity index (χ2v) is 9.03. The smallest absolute Gasteiger partial charge is 0.271 e. The van der Waals surface area contributed by atoms with E-state index in [1.165, 1.54) is 4.90 Å². The Kier molecular flexibility index (Phi) is 6.88. The van der Waals surface area contributed by atoms with E-state index in [9.17, 15) is 14.9 Å². The Morgan fingerprint density at radius 2 is 1.79 bits per heavy atom. The van der Waals surface area contributed by atoms with Gasteiger partial charge < -0.3 is 4.74 Å². The Morgan fingerprint density at radius 3 is 2.42 bits per heavy atom. The summed E-state index contributed by atoms with van der Waals surface area (Å²) in [5.41, 5.74) is 2.42. The van der Waals surface area contributed by atoms with E-state index in [0.29, 0.717) is 33.5 Å². The number of carbonyl (C=O) groups is 2. The third-order valence-electron chi connectivity index (χ3n) is 6.06. The van der Waals surface area contributed by atoms with Gasteiger partial charge in [-0.25, -0.2) is 0 Å². The molecule has 0 saturated heterocycles. The summed E-state index contributed by atoms with van der Waals surface area (Å²) in [6, 6.07) is 14.4. The van der Waals surface area contributed by atoms with Gasteiger partial charge in [-0.15, -0.1) is 0 Å². The van der Waals surface area contributed by atoms with Gasteiger partial charge >= 0.3 is 0 Å². The van der Waals surface area contributed by atoms with Crippen LogP contribution in [0.1, 0.15) is 43.7 Å². The Morgan fingerprint density at radius 1 is 1.09 bits per heavy atom. The van der Waals surface area contributed by atoms with Crippen molar-refractivity contribution >= 4 is 41.1 Å². The van der Waals surface area contributed by atoms with Crippen LogP contribution >= 0.6 is 23.2 Å². The van der Waals surface area contributed by atoms with Crippen LogP contribution in [0.25, 0.3) is 6.08 Å². The standard InChI is InChI=1S/C26H22Cl2N2O3/c1-16-22(25(31)30(20-4-2-3-5-20)26(32)23(16)14-29)12-17-6-10-21(11-7-17)33-15-18-8-9-19(27)13-24(18)28/h6-13,20H,2-5,15H2,1H3/b22-12+. The van der Waals surface area contributed by atoms with Gasteiger partial charge in [-0.05, 0) is 61.2 Å². The Balaban J connectivity index is 1.55. The van der Waals surface area contributed by atoms with Crippen LogP contribution in [0.15, 0.2) is 59.2 Å². The lowest BCUT2D eigenvalue weighted by atomic mass is 9.92. The lowest BCUT2D eigenvalue weighted by molar-refractivity contribution is -0.143. The fourth-order valence-electron chi connectivity index (χ4n) is 4.22. The van der Waals surface area contributed by atoms with Crippen molar-refractivity contribution in [2.75, 3.05) is 0 Å². The van der Waals surface area contributed by atoms with E-state index in [0.717, 1.165) is 36.8 Å². The van der Waals surface area contributed by atoms with Gasteiger partial charge in [0, 0.05) is 27.2 Å². The van der Waals surface area contributed by atoms with Crippen molar-refractivity contribution in [3.8, 4) is 11.8 Å². The molecule has 2 aromatic rings. The zero-order valence-electron chi connectivity index (χ0n) is 18.1. The van der Waals surface area contributed by atoms with Crippen molar-refractivity contribution in [2.45, 2.75) is 45.3 Å². The van der Waals surface area contributed by atoms with Gasteiger partial charge in [-0.1, -0.05) is 54.2 Å². The summed E-state index contributed by atoms with van der Waals surface area (Å²) in [6.45, 7) is 1.94. The van der Waals surface area contributed by atoms with Crippen LogP contribution in [0.4, 0.5) is 0 Å². The minimum absolute atomic E-state index is 0.0348. The fourth-order valence-corrected chi connectivity index (χ4v) is 4.68. The van der Waals surface area contributed by atoms with Gasteiger partial charge in [-0.3, -0.25) is 14.5 Å². The van der Waals surface area contributed by atoms with Crippen LogP contribution in [0.3, 0.4) is 0 Å². The summed E-state index contributed by atoms with van der Waals surface area (Å²) >= 11 is 12.1. The quantitative estimate of drug-likeness (QED) is 0.382. The number of hydrogen-bond donors (Lipinski definition) is 0. The number of hydrogen-bond acceptors (Lipinski definition) is 4. The summed E-state index contributed by atoms with van der Waals surface area (Å²) in [7, 11) is 0. The molecule has 168 valence electrons. The zero-order chi connectivity index (χ0) is 23.5. The molecule has 5 nitrogen and oxygen atoms in total. The largest absolute Gasteiger partial charge is 0.489 e. The predicted molar refractivity (Wildman–Crippen MR) is 128 cm³/mol. The molecule has 2 aromatic carbocycles. The molecule has 1 aliphatic carbocycles. The fraction of sp³-hybridized carbons (Fsp3) is 0.269. The van der Waals surface area contributed by atoms with E-state index in [2.05, 4.69) is 0 Å². The molecule has 1 fully saturated rings. The van der Waals surface area contributed by atoms with E-state index in [1.807, 2.05) is 24.3 Å². The first kappa shape index (κ1) is 23.1. The molecule has 2 amide bonds. The second-order valence-electron chi connectivity index (χ2n) is 8.18. The van der Waals surface area contributed by atoms with Gasteiger partial charge in [0.1, 0.15) is 24.0 Å². The minimum atomic E-state index is -0.478. The molecule has 2 aliphatic rings. The molecule has 0 atom stereocenters. The third kappa shape index (κ3) is 4.83. The number of carbonyl (C=O) groups excluding carboxylic acids is 2. The summed E-state index contributed by atoms with van der Waals surface area (Å²) in [6.07, 6.45) is 5.25. The number of ether oxygens (including phenoxy) is 1. The van der Waals surface area contributed by atoms with Gasteiger partial charge in [0.15, 0.2) is 0 Å². The predicted octanol–water partition coefficient (Wildman–Crippen LogP) is 6.11. The molecule has 0 radical (unpaired) electrons. The van der Waals surface area contributed by atoms with Crippen molar-refractivity contribution in [3.05, 3.63) is 80.4 Å². The van der Waals surface area contributed by atoms with Crippen LogP contribution < -0.4 is 4.74 Å². The van der Waals surface area contributed by atoms with Crippen LogP contribution in [0.5, 0.6) is 5.75 Å². The van der Waals surface area contributed by atoms with Crippen molar-refractivity contribution in [3.63, 3.8) is 0 Å². The van der Waals surface area contributed by atoms with Crippen molar-refractivity contribution in [1.82, 2.24) is 4.90 Å². The lowest BCUT2D eigenvalue weighted by Gasteiger charge is -2.32. The number of rotatable bonds is 5. The SMILES string of the molecule is CC1=C(C#N)C(=O)N(C2CCCC2)C(=O)/C1=C/c1ccc(OCc2ccc(Cl)cc2Cl)cc1. The molecule has 0 unspecified atom stereocenters. The van der Waals surface area contributed by atoms with Gasteiger partial charge in [0.25, 0.3) is 11.8 Å². The maximum atomic E-state index is 13.2. The maximum Gasteiger partial charge on any atom is 0.271 e. The molecule has 0 bridgehead atoms. The van der Waals surface area contributed by atoms with Crippen molar-refractivity contribution < 1.29 is 14.3 Å². The molecular weight excluding hydrogens is 459 g/mol. The average molecular weight is 481 g/mol. The van der Waals surface area contributed by atoms with Crippen LogP contribution in [0, 0.1) is 11.3 Å². The maximum absolute atomic E-state index is 13.2. The number of nitrogens with zero attached hydrogens (tertiary/aromatic N) is 2. The molecule has 1 aliphatic heterocycles. The highest BCUT2D eigenvalue weighted by atomic mass is 35.5. The van der Waals surface area contributed by atoms with Crippen molar-refractivity contribution in [2.24, 2.45) is 0 Å². The lowest BCUT2D eigenvalue weighted by Crippen LogP contribution is -2.47. The summed E-state index contributed by atoms with van der Waals surface area (Å²) in [5.74, 6) is -0.166. The average Bonchev–Trinajstić information content (AvgIpc) is 3.32. The Bertz CT molecular complexity index is 1200. The first-order valence-corrected chi connectivity index (χ1v) is 11.5. The van der Waals surface area contributed by atoms with Gasteiger partial charge in [-0.2, -0.15) is 5.26 Å². The monoisotopic (exact) mass is 480 g/mol. The molecule has 0 spiro atoms. The number of imide groups is 1. The zero-order valence-corrected chi connectivity index (χ0v) is 19.6. The van der Waals surface area contributed by atoms with Crippen molar-refractivity contribution in [1.29, 1.82) is 5.26 Å². The Labute approximate surface area is 202 Å². The molecule has 1 saturated carbocycles. The van der Waals surface area contributed by atoms with Crippen LogP contribution in [-0.2, 0) is 16.2 Å². The first-order chi connectivity index (χ1) is 15.9. The molecule has 0 aromatic heterocycles. The second kappa shape index (κ2) is 9.82. The number of benzene rings is 2. The molecule has 7 heteroatoms. The third-order valence-corrected chi connectivity index (χ3v) is 6.65. The van der Waals surface area contributed by atoms with E-state index in [-0.39, 0.29) is 17.5 Å². The number of halogens is 2. The molecular formula is C26H22Cl2N2O3. The highest BCUT2D eigenvalue weighted by Crippen LogP contribution is 2.33.